The van der Waals surface area contributed by atoms with Crippen LogP contribution >= 0.6 is 0 Å². The number of fused-ring (bicyclic) bond motifs is 3. The van der Waals surface area contributed by atoms with Crippen LogP contribution in [0.15, 0.2) is 12.2 Å². The lowest BCUT2D eigenvalue weighted by molar-refractivity contribution is -0.378. The third-order valence-electron chi connectivity index (χ3n) is 15.0. The van der Waals surface area contributed by atoms with Gasteiger partial charge in [0.05, 0.1) is 30.8 Å². The third-order valence-corrected chi connectivity index (χ3v) is 15.0. The first-order valence-corrected chi connectivity index (χ1v) is 19.9. The minimum Gasteiger partial charge on any atom is -0.432 e. The largest absolute Gasteiger partial charge is 0.432 e. The molecule has 320 valence electrons. The fraction of sp³-hybridized carbons (Fsp3) is 0.921. The summed E-state index contributed by atoms with van der Waals surface area (Å²) >= 11 is 0. The summed E-state index contributed by atoms with van der Waals surface area (Å²) in [6.45, 7) is 6.52. The molecule has 7 aliphatic rings. The van der Waals surface area contributed by atoms with Gasteiger partial charge in [-0.25, -0.2) is 0 Å². The van der Waals surface area contributed by atoms with Crippen molar-refractivity contribution in [2.75, 3.05) is 19.8 Å². The van der Waals surface area contributed by atoms with Crippen molar-refractivity contribution in [3.8, 4) is 0 Å². The zero-order valence-corrected chi connectivity index (χ0v) is 31.8. The molecular formula is C38H60O18. The van der Waals surface area contributed by atoms with Crippen molar-refractivity contribution in [3.63, 3.8) is 0 Å². The van der Waals surface area contributed by atoms with Crippen molar-refractivity contribution in [1.82, 2.24) is 0 Å². The molecule has 0 aromatic heterocycles. The first-order chi connectivity index (χ1) is 26.4. The van der Waals surface area contributed by atoms with Gasteiger partial charge in [0.2, 0.25) is 6.29 Å². The molecule has 18 heteroatoms. The summed E-state index contributed by atoms with van der Waals surface area (Å²) in [7, 11) is 0. The van der Waals surface area contributed by atoms with Crippen LogP contribution in [0.25, 0.3) is 0 Å². The molecule has 0 aromatic rings. The predicted molar refractivity (Wildman–Crippen MR) is 186 cm³/mol. The van der Waals surface area contributed by atoms with Crippen LogP contribution in [0.3, 0.4) is 0 Å². The van der Waals surface area contributed by atoms with Gasteiger partial charge in [0.25, 0.3) is 0 Å². The van der Waals surface area contributed by atoms with Gasteiger partial charge < -0.3 is 84.6 Å². The van der Waals surface area contributed by atoms with E-state index in [1.807, 2.05) is 6.92 Å². The Balaban J connectivity index is 1.10. The number of aliphatic hydroxyl groups excluding tert-OH is 11. The smallest absolute Gasteiger partial charge is 0.314 e. The topological polar surface area (TPSA) is 295 Å². The maximum absolute atomic E-state index is 14.1. The van der Waals surface area contributed by atoms with Gasteiger partial charge in [0, 0.05) is 0 Å². The van der Waals surface area contributed by atoms with Crippen molar-refractivity contribution >= 4 is 5.97 Å². The van der Waals surface area contributed by atoms with Gasteiger partial charge in [-0.05, 0) is 86.5 Å². The van der Waals surface area contributed by atoms with E-state index in [0.29, 0.717) is 44.9 Å². The van der Waals surface area contributed by atoms with Crippen molar-refractivity contribution in [3.05, 3.63) is 12.2 Å². The van der Waals surface area contributed by atoms with Gasteiger partial charge in [-0.2, -0.15) is 0 Å². The Morgan fingerprint density at radius 1 is 0.679 bits per heavy atom. The molecule has 7 rings (SSSR count). The van der Waals surface area contributed by atoms with E-state index in [9.17, 15) is 61.0 Å². The lowest BCUT2D eigenvalue weighted by atomic mass is 9.41. The Morgan fingerprint density at radius 2 is 1.21 bits per heavy atom. The Morgan fingerprint density at radius 3 is 1.82 bits per heavy atom. The summed E-state index contributed by atoms with van der Waals surface area (Å²) in [5.74, 6) is -0.591. The van der Waals surface area contributed by atoms with Crippen LogP contribution in [-0.4, -0.2) is 180 Å². The molecule has 11 N–H and O–H groups in total. The molecule has 56 heavy (non-hydrogen) atoms. The van der Waals surface area contributed by atoms with Crippen molar-refractivity contribution < 1.29 is 89.4 Å². The molecule has 3 aliphatic heterocycles. The fourth-order valence-electron chi connectivity index (χ4n) is 12.0. The van der Waals surface area contributed by atoms with Gasteiger partial charge >= 0.3 is 5.97 Å². The Bertz CT molecular complexity index is 1450. The molecule has 4 aliphatic carbocycles. The second-order valence-corrected chi connectivity index (χ2v) is 18.0. The Kier molecular flexibility index (Phi) is 11.9. The summed E-state index contributed by atoms with van der Waals surface area (Å²) in [6, 6.07) is 0. The number of carbonyl (C=O) groups is 1. The van der Waals surface area contributed by atoms with Gasteiger partial charge in [0.15, 0.2) is 12.6 Å². The lowest BCUT2D eigenvalue weighted by Gasteiger charge is -2.64. The number of hydrogen-bond acceptors (Lipinski definition) is 18. The molecule has 0 amide bonds. The molecule has 18 nitrogen and oxygen atoms in total. The van der Waals surface area contributed by atoms with E-state index in [4.69, 9.17) is 28.4 Å². The van der Waals surface area contributed by atoms with E-state index >= 15 is 0 Å². The minimum absolute atomic E-state index is 0.121. The van der Waals surface area contributed by atoms with Gasteiger partial charge in [-0.15, -0.1) is 0 Å². The predicted octanol–water partition coefficient (Wildman–Crippen LogP) is -2.94. The van der Waals surface area contributed by atoms with E-state index in [-0.39, 0.29) is 22.7 Å². The highest BCUT2D eigenvalue weighted by atomic mass is 16.8. The quantitative estimate of drug-likeness (QED) is 0.0631. The first kappa shape index (κ1) is 42.7. The third kappa shape index (κ3) is 6.69. The van der Waals surface area contributed by atoms with Crippen LogP contribution in [0, 0.1) is 28.1 Å². The molecule has 2 bridgehead atoms. The summed E-state index contributed by atoms with van der Waals surface area (Å²) in [6.07, 6.45) is -17.8. The number of carbonyl (C=O) groups excluding carboxylic acids is 1. The van der Waals surface area contributed by atoms with Crippen molar-refractivity contribution in [1.29, 1.82) is 0 Å². The van der Waals surface area contributed by atoms with E-state index in [2.05, 4.69) is 13.5 Å². The summed E-state index contributed by atoms with van der Waals surface area (Å²) < 4.78 is 35.6. The van der Waals surface area contributed by atoms with Crippen LogP contribution in [0.1, 0.15) is 71.6 Å². The molecule has 3 saturated heterocycles. The second kappa shape index (κ2) is 15.6. The summed E-state index contributed by atoms with van der Waals surface area (Å²) in [5.41, 5.74) is -1.80. The highest BCUT2D eigenvalue weighted by Crippen LogP contribution is 2.73. The van der Waals surface area contributed by atoms with Crippen LogP contribution in [0.5, 0.6) is 0 Å². The average molecular weight is 805 g/mol. The molecule has 21 atom stereocenters. The number of esters is 1. The maximum atomic E-state index is 14.1. The normalized spacial score (nSPS) is 54.6. The second-order valence-electron chi connectivity index (χ2n) is 18.0. The zero-order valence-electron chi connectivity index (χ0n) is 31.8. The standard InChI is InChI=1S/C38H60O18/c1-16-11-37-9-5-20-35(2,7-4-8-36(20,3)34(50)55-32-29(49)26(46)23(43)18(13-40)52-32)21(37)6-10-38(16,15-37)56-33-30(27(47)24(44)19(14-41)53-33)54-31-28(48)25(45)22(42)17(12-39)51-31/h17-33,39-49H,1,4-15H2,2-3H3/t17-,18-,19-,20+,21+,22+,23+,24+,25+,26+,27+,28+,29+,30+,31+,32+,33+,35+,36-,37-,38-/m1/s1. The van der Waals surface area contributed by atoms with Gasteiger partial charge in [-0.3, -0.25) is 4.79 Å². The zero-order chi connectivity index (χ0) is 40.7. The molecule has 1 spiro atoms. The van der Waals surface area contributed by atoms with Crippen molar-refractivity contribution in [2.45, 2.75) is 169 Å². The molecule has 3 heterocycles. The van der Waals surface area contributed by atoms with E-state index in [0.717, 1.165) is 18.4 Å². The van der Waals surface area contributed by atoms with Gasteiger partial charge in [0.1, 0.15) is 73.2 Å². The van der Waals surface area contributed by atoms with Gasteiger partial charge in [-0.1, -0.05) is 19.9 Å². The van der Waals surface area contributed by atoms with Crippen LogP contribution in [0.4, 0.5) is 0 Å². The highest BCUT2D eigenvalue weighted by Gasteiger charge is 2.69. The first-order valence-electron chi connectivity index (χ1n) is 19.9. The monoisotopic (exact) mass is 804 g/mol. The van der Waals surface area contributed by atoms with Crippen LogP contribution in [-0.2, 0) is 33.2 Å². The number of hydrogen-bond donors (Lipinski definition) is 11. The minimum atomic E-state index is -1.81. The number of ether oxygens (including phenoxy) is 6. The summed E-state index contributed by atoms with van der Waals surface area (Å²) in [5, 5.41) is 114. The van der Waals surface area contributed by atoms with Crippen LogP contribution in [0.2, 0.25) is 0 Å². The molecule has 0 unspecified atom stereocenters. The maximum Gasteiger partial charge on any atom is 0.314 e. The fourth-order valence-corrected chi connectivity index (χ4v) is 12.0. The van der Waals surface area contributed by atoms with Crippen molar-refractivity contribution in [2.24, 2.45) is 28.1 Å². The highest BCUT2D eigenvalue weighted by molar-refractivity contribution is 5.77. The molecule has 4 saturated carbocycles. The molecular weight excluding hydrogens is 744 g/mol. The van der Waals surface area contributed by atoms with E-state index in [1.165, 1.54) is 0 Å². The lowest BCUT2D eigenvalue weighted by Crippen LogP contribution is -2.65. The number of aliphatic hydroxyl groups is 11. The Labute approximate surface area is 324 Å². The van der Waals surface area contributed by atoms with Crippen LogP contribution < -0.4 is 0 Å². The van der Waals surface area contributed by atoms with E-state index in [1.54, 1.807) is 0 Å². The molecule has 7 fully saturated rings. The summed E-state index contributed by atoms with van der Waals surface area (Å²) in [4.78, 5) is 14.1. The van der Waals surface area contributed by atoms with E-state index < -0.39 is 129 Å². The SMILES string of the molecule is C=C1C[C@@]23CC[C@H]4[C@](C)(CCC[C@@]4(C)C(=O)O[C@@H]4O[C@H](CO)[C@H](O)[C@H](O)[C@@H]4O)[C@@H]2CC[C@@]1(O[C@@H]1O[C@H](CO)[C@H](O)[C@H](O)[C@@H]1O[C@@H]1O[C@H](CO)[C@H](O)[C@H](O)[C@@H]1O)C3. The molecule has 0 radical (unpaired) electrons. The number of rotatable bonds is 9. The Hall–Kier alpha value is -1.43. The molecule has 0 aromatic carbocycles. The average Bonchev–Trinajstić information content (AvgIpc) is 3.37.